The molecule has 5 heteroatoms. The Morgan fingerprint density at radius 2 is 1.52 bits per heavy atom. The number of nitrogens with zero attached hydrogens (tertiary/aromatic N) is 1. The molecule has 0 atom stereocenters. The molecule has 3 rings (SSSR count). The van der Waals surface area contributed by atoms with E-state index < -0.39 is 11.6 Å². The number of carbonyl (C=O) groups is 2. The molecule has 1 aliphatic rings. The summed E-state index contributed by atoms with van der Waals surface area (Å²) < 4.78 is 5.51. The van der Waals surface area contributed by atoms with Crippen molar-refractivity contribution in [3.63, 3.8) is 0 Å². The largest absolute Gasteiger partial charge is 0.360 e. The van der Waals surface area contributed by atoms with Gasteiger partial charge in [0.2, 0.25) is 0 Å². The van der Waals surface area contributed by atoms with E-state index in [4.69, 9.17) is 4.74 Å². The van der Waals surface area contributed by atoms with Crippen LogP contribution in [0, 0.1) is 0 Å². The first-order chi connectivity index (χ1) is 12.2. The first kappa shape index (κ1) is 17.2. The molecule has 0 saturated carbocycles. The number of hydrogen-bond acceptors (Lipinski definition) is 3. The molecule has 0 spiro atoms. The van der Waals surface area contributed by atoms with Crippen LogP contribution < -0.4 is 5.32 Å². The van der Waals surface area contributed by atoms with Gasteiger partial charge < -0.3 is 10.1 Å². The van der Waals surface area contributed by atoms with Gasteiger partial charge in [-0.15, -0.1) is 0 Å². The van der Waals surface area contributed by atoms with Crippen molar-refractivity contribution in [2.45, 2.75) is 25.3 Å². The standard InChI is InChI=1S/C20H22N2O3/c1-2-3-14-25-15-22-18(23)20(21-19(22)24,16-10-6-4-7-11-16)17-12-8-5-9-13-17/h4-13H,2-3,14-15H2,1H3,(H,21,24). The number of imide groups is 1. The molecule has 0 aliphatic carbocycles. The fourth-order valence-corrected chi connectivity index (χ4v) is 3.03. The Balaban J connectivity index is 1.96. The number of unbranched alkanes of at least 4 members (excludes halogenated alkanes) is 1. The predicted octanol–water partition coefficient (Wildman–Crippen LogP) is 3.26. The average Bonchev–Trinajstić information content (AvgIpc) is 2.92. The Bertz CT molecular complexity index is 692. The minimum atomic E-state index is -1.21. The van der Waals surface area contributed by atoms with Crippen LogP contribution in [0.25, 0.3) is 0 Å². The highest BCUT2D eigenvalue weighted by atomic mass is 16.5. The lowest BCUT2D eigenvalue weighted by Crippen LogP contribution is -2.45. The van der Waals surface area contributed by atoms with E-state index >= 15 is 0 Å². The van der Waals surface area contributed by atoms with E-state index in [1.165, 1.54) is 0 Å². The van der Waals surface area contributed by atoms with E-state index in [1.54, 1.807) is 0 Å². The molecular formula is C20H22N2O3. The summed E-state index contributed by atoms with van der Waals surface area (Å²) in [7, 11) is 0. The van der Waals surface area contributed by atoms with Crippen molar-refractivity contribution in [2.75, 3.05) is 13.3 Å². The molecule has 1 fully saturated rings. The van der Waals surface area contributed by atoms with E-state index in [0.29, 0.717) is 6.61 Å². The van der Waals surface area contributed by atoms with Gasteiger partial charge in [-0.2, -0.15) is 0 Å². The summed E-state index contributed by atoms with van der Waals surface area (Å²) in [5, 5.41) is 2.90. The molecule has 2 aromatic carbocycles. The van der Waals surface area contributed by atoms with E-state index in [9.17, 15) is 9.59 Å². The van der Waals surface area contributed by atoms with Gasteiger partial charge >= 0.3 is 6.03 Å². The maximum atomic E-state index is 13.3. The van der Waals surface area contributed by atoms with Crippen LogP contribution in [-0.4, -0.2) is 30.2 Å². The zero-order valence-corrected chi connectivity index (χ0v) is 14.3. The van der Waals surface area contributed by atoms with Gasteiger partial charge in [0.25, 0.3) is 5.91 Å². The van der Waals surface area contributed by atoms with Crippen molar-refractivity contribution >= 4 is 11.9 Å². The van der Waals surface area contributed by atoms with Gasteiger partial charge in [-0.3, -0.25) is 4.79 Å². The molecule has 25 heavy (non-hydrogen) atoms. The van der Waals surface area contributed by atoms with Crippen LogP contribution in [-0.2, 0) is 15.1 Å². The lowest BCUT2D eigenvalue weighted by molar-refractivity contribution is -0.134. The van der Waals surface area contributed by atoms with Gasteiger partial charge in [-0.05, 0) is 17.5 Å². The normalized spacial score (nSPS) is 16.1. The molecule has 3 amide bonds. The maximum Gasteiger partial charge on any atom is 0.327 e. The molecule has 130 valence electrons. The highest BCUT2D eigenvalue weighted by Gasteiger charge is 2.53. The Morgan fingerprint density at radius 3 is 2.04 bits per heavy atom. The molecule has 0 bridgehead atoms. The maximum absolute atomic E-state index is 13.3. The molecule has 1 N–H and O–H groups in total. The third-order valence-corrected chi connectivity index (χ3v) is 4.38. The average molecular weight is 338 g/mol. The Hall–Kier alpha value is -2.66. The van der Waals surface area contributed by atoms with E-state index in [1.807, 2.05) is 60.7 Å². The smallest absolute Gasteiger partial charge is 0.327 e. The molecule has 0 radical (unpaired) electrons. The number of nitrogens with one attached hydrogen (secondary N) is 1. The van der Waals surface area contributed by atoms with Gasteiger partial charge in [0.15, 0.2) is 5.54 Å². The fourth-order valence-electron chi connectivity index (χ4n) is 3.03. The second-order valence-corrected chi connectivity index (χ2v) is 6.04. The van der Waals surface area contributed by atoms with E-state index in [2.05, 4.69) is 12.2 Å². The van der Waals surface area contributed by atoms with Crippen LogP contribution in [0.5, 0.6) is 0 Å². The molecule has 0 unspecified atom stereocenters. The molecule has 1 aliphatic heterocycles. The van der Waals surface area contributed by atoms with Gasteiger partial charge in [0.1, 0.15) is 6.73 Å². The minimum absolute atomic E-state index is 0.0356. The lowest BCUT2D eigenvalue weighted by atomic mass is 9.83. The summed E-state index contributed by atoms with van der Waals surface area (Å²) >= 11 is 0. The van der Waals surface area contributed by atoms with Crippen LogP contribution in [0.3, 0.4) is 0 Å². The number of carbonyl (C=O) groups excluding carboxylic acids is 2. The summed E-state index contributed by atoms with van der Waals surface area (Å²) in [6.07, 6.45) is 1.89. The summed E-state index contributed by atoms with van der Waals surface area (Å²) in [6.45, 7) is 2.55. The summed E-state index contributed by atoms with van der Waals surface area (Å²) in [6, 6.07) is 18.2. The van der Waals surface area contributed by atoms with Crippen LogP contribution >= 0.6 is 0 Å². The number of amides is 3. The SMILES string of the molecule is CCCCOCN1C(=O)NC(c2ccccc2)(c2ccccc2)C1=O. The third-order valence-electron chi connectivity index (χ3n) is 4.38. The quantitative estimate of drug-likeness (QED) is 0.623. The first-order valence-corrected chi connectivity index (χ1v) is 8.53. The molecule has 1 heterocycles. The summed E-state index contributed by atoms with van der Waals surface area (Å²) in [4.78, 5) is 26.9. The highest BCUT2D eigenvalue weighted by Crippen LogP contribution is 2.35. The predicted molar refractivity (Wildman–Crippen MR) is 94.8 cm³/mol. The fraction of sp³-hybridized carbons (Fsp3) is 0.300. The molecule has 1 saturated heterocycles. The molecule has 2 aromatic rings. The second-order valence-electron chi connectivity index (χ2n) is 6.04. The summed E-state index contributed by atoms with van der Waals surface area (Å²) in [5.41, 5.74) is 0.250. The van der Waals surface area contributed by atoms with Crippen molar-refractivity contribution in [2.24, 2.45) is 0 Å². The summed E-state index contributed by atoms with van der Waals surface area (Å²) in [5.74, 6) is -0.314. The third kappa shape index (κ3) is 3.15. The van der Waals surface area contributed by atoms with Gasteiger partial charge in [0, 0.05) is 6.61 Å². The van der Waals surface area contributed by atoms with Crippen molar-refractivity contribution in [1.82, 2.24) is 10.2 Å². The van der Waals surface area contributed by atoms with Crippen molar-refractivity contribution < 1.29 is 14.3 Å². The molecule has 0 aromatic heterocycles. The zero-order chi connectivity index (χ0) is 17.7. The van der Waals surface area contributed by atoms with Crippen LogP contribution in [0.1, 0.15) is 30.9 Å². The van der Waals surface area contributed by atoms with Gasteiger partial charge in [-0.25, -0.2) is 9.69 Å². The molecular weight excluding hydrogens is 316 g/mol. The number of benzene rings is 2. The number of hydrogen-bond donors (Lipinski definition) is 1. The number of ether oxygens (including phenoxy) is 1. The molecule has 5 nitrogen and oxygen atoms in total. The van der Waals surface area contributed by atoms with Crippen LogP contribution in [0.4, 0.5) is 4.79 Å². The Labute approximate surface area is 147 Å². The van der Waals surface area contributed by atoms with Gasteiger partial charge in [0.05, 0.1) is 0 Å². The first-order valence-electron chi connectivity index (χ1n) is 8.53. The van der Waals surface area contributed by atoms with E-state index in [-0.39, 0.29) is 12.6 Å². The Morgan fingerprint density at radius 1 is 0.960 bits per heavy atom. The highest BCUT2D eigenvalue weighted by molar-refractivity contribution is 6.09. The lowest BCUT2D eigenvalue weighted by Gasteiger charge is -2.28. The van der Waals surface area contributed by atoms with Crippen molar-refractivity contribution in [1.29, 1.82) is 0 Å². The Kier molecular flexibility index (Phi) is 5.14. The van der Waals surface area contributed by atoms with Crippen molar-refractivity contribution in [3.05, 3.63) is 71.8 Å². The number of urea groups is 1. The second kappa shape index (κ2) is 7.49. The zero-order valence-electron chi connectivity index (χ0n) is 14.3. The monoisotopic (exact) mass is 338 g/mol. The topological polar surface area (TPSA) is 58.6 Å². The van der Waals surface area contributed by atoms with Crippen molar-refractivity contribution in [3.8, 4) is 0 Å². The van der Waals surface area contributed by atoms with Crippen LogP contribution in [0.2, 0.25) is 0 Å². The van der Waals surface area contributed by atoms with E-state index in [0.717, 1.165) is 28.9 Å². The van der Waals surface area contributed by atoms with Gasteiger partial charge in [-0.1, -0.05) is 74.0 Å². The minimum Gasteiger partial charge on any atom is -0.360 e. The van der Waals surface area contributed by atoms with Crippen LogP contribution in [0.15, 0.2) is 60.7 Å². The number of rotatable bonds is 7.